The molecule has 0 unspecified atom stereocenters. The zero-order valence-electron chi connectivity index (χ0n) is 55.0. The quantitative estimate of drug-likeness (QED) is 0.0394. The van der Waals surface area contributed by atoms with Crippen molar-refractivity contribution in [3.63, 3.8) is 0 Å². The van der Waals surface area contributed by atoms with Gasteiger partial charge in [0.05, 0.1) is 46.0 Å². The number of piperidine rings is 4. The summed E-state index contributed by atoms with van der Waals surface area (Å²) in [5, 5.41) is 23.9. The van der Waals surface area contributed by atoms with Gasteiger partial charge in [0, 0.05) is 126 Å². The number of aliphatic hydroxyl groups excluding tert-OH is 2. The third-order valence-electron chi connectivity index (χ3n) is 19.9. The van der Waals surface area contributed by atoms with Gasteiger partial charge in [-0.2, -0.15) is 0 Å². The average molecular weight is 1260 g/mol. The van der Waals surface area contributed by atoms with Crippen LogP contribution in [0.25, 0.3) is 0 Å². The summed E-state index contributed by atoms with van der Waals surface area (Å²) in [5.74, 6) is -0.409. The summed E-state index contributed by atoms with van der Waals surface area (Å²) in [6.45, 7) is 21.5. The maximum atomic E-state index is 13.4. The van der Waals surface area contributed by atoms with E-state index in [1.165, 1.54) is 35.2 Å². The molecule has 20 nitrogen and oxygen atoms in total. The lowest BCUT2D eigenvalue weighted by molar-refractivity contribution is -0.123. The number of benzene rings is 4. The Morgan fingerprint density at radius 2 is 0.804 bits per heavy atom. The number of rotatable bonds is 22. The zero-order valence-corrected chi connectivity index (χ0v) is 55.0. The molecular weight excluding hydrogens is 1160 g/mol. The van der Waals surface area contributed by atoms with Gasteiger partial charge in [0.2, 0.25) is 11.8 Å². The number of nitrogens with one attached hydrogen (secondary N) is 2. The highest BCUT2D eigenvalue weighted by atomic mass is 16.3. The van der Waals surface area contributed by atoms with E-state index in [2.05, 4.69) is 173 Å². The molecule has 6 aromatic rings. The fourth-order valence-corrected chi connectivity index (χ4v) is 13.8. The smallest absolute Gasteiger partial charge is 0.257 e. The van der Waals surface area contributed by atoms with Crippen molar-refractivity contribution in [2.24, 2.45) is 11.5 Å². The molecule has 92 heavy (non-hydrogen) atoms. The van der Waals surface area contributed by atoms with Crippen molar-refractivity contribution in [2.75, 3.05) is 75.4 Å². The van der Waals surface area contributed by atoms with E-state index in [0.29, 0.717) is 36.3 Å². The Hall–Kier alpha value is -7.72. The van der Waals surface area contributed by atoms with Crippen molar-refractivity contribution in [3.8, 4) is 0 Å². The van der Waals surface area contributed by atoms with Crippen LogP contribution in [-0.2, 0) is 35.8 Å². The number of amides is 4. The fourth-order valence-electron chi connectivity index (χ4n) is 13.8. The number of hydrogen-bond donors (Lipinski definition) is 6. The van der Waals surface area contributed by atoms with Gasteiger partial charge < -0.3 is 51.9 Å². The first-order chi connectivity index (χ1) is 44.4. The normalized spacial score (nSPS) is 17.8. The molecule has 4 amide bonds. The second-order valence-electron chi connectivity index (χ2n) is 26.1. The van der Waals surface area contributed by atoms with Crippen molar-refractivity contribution in [1.29, 1.82) is 0 Å². The summed E-state index contributed by atoms with van der Waals surface area (Å²) in [5.41, 5.74) is 22.9. The standard InChI is InChI=1S/2C36H49N7O3/c2*1-26-33(27(2)40-25-39-26)35(46)41-20-16-36(3,17-21-41)42-18-13-31(14-19-42)43(24-29-7-5-4-6-8-29)30-11-9-28(10-12-30)23-38-34(45)32(37)15-22-44/h2*4-12,25,31-32,44H,13-24,37H2,1-3H3,(H,38,45)/t2*32-/m00/s1. The Labute approximate surface area is 544 Å². The third-order valence-corrected chi connectivity index (χ3v) is 19.9. The molecular formula is C72H98N14O6. The molecule has 4 aliphatic heterocycles. The van der Waals surface area contributed by atoms with Crippen molar-refractivity contribution in [1.82, 2.24) is 50.2 Å². The van der Waals surface area contributed by atoms with Gasteiger partial charge in [0.1, 0.15) is 12.7 Å². The summed E-state index contributed by atoms with van der Waals surface area (Å²) in [6.07, 6.45) is 11.6. The molecule has 20 heteroatoms. The third kappa shape index (κ3) is 17.5. The first-order valence-electron chi connectivity index (χ1n) is 33.1. The second-order valence-corrected chi connectivity index (χ2v) is 26.1. The molecule has 492 valence electrons. The highest BCUT2D eigenvalue weighted by molar-refractivity contribution is 5.97. The van der Waals surface area contributed by atoms with Crippen LogP contribution >= 0.6 is 0 Å². The van der Waals surface area contributed by atoms with Crippen LogP contribution in [0.3, 0.4) is 0 Å². The van der Waals surface area contributed by atoms with E-state index >= 15 is 0 Å². The van der Waals surface area contributed by atoms with Crippen LogP contribution in [0.4, 0.5) is 11.4 Å². The van der Waals surface area contributed by atoms with Crippen LogP contribution in [0.1, 0.15) is 144 Å². The topological polar surface area (TPSA) is 256 Å². The average Bonchev–Trinajstić information content (AvgIpc) is 0.900. The minimum absolute atomic E-state index is 0.0478. The molecule has 0 aliphatic carbocycles. The van der Waals surface area contributed by atoms with Gasteiger partial charge in [-0.25, -0.2) is 19.9 Å². The lowest BCUT2D eigenvalue weighted by Crippen LogP contribution is -2.58. The number of nitrogens with zero attached hydrogens (tertiary/aromatic N) is 10. The van der Waals surface area contributed by atoms with Crippen LogP contribution < -0.4 is 31.9 Å². The Morgan fingerprint density at radius 3 is 1.11 bits per heavy atom. The summed E-state index contributed by atoms with van der Waals surface area (Å²) >= 11 is 0. The maximum absolute atomic E-state index is 13.4. The van der Waals surface area contributed by atoms with Gasteiger partial charge in [-0.3, -0.25) is 29.0 Å². The summed E-state index contributed by atoms with van der Waals surface area (Å²) in [6, 6.07) is 37.5. The van der Waals surface area contributed by atoms with Gasteiger partial charge in [-0.1, -0.05) is 84.9 Å². The molecule has 6 heterocycles. The Balaban J connectivity index is 0.000000217. The molecule has 0 radical (unpaired) electrons. The number of carbonyl (C=O) groups excluding carboxylic acids is 4. The molecule has 4 aromatic carbocycles. The van der Waals surface area contributed by atoms with Crippen molar-refractivity contribution >= 4 is 35.0 Å². The molecule has 2 atom stereocenters. The highest BCUT2D eigenvalue weighted by Crippen LogP contribution is 2.37. The maximum Gasteiger partial charge on any atom is 0.257 e. The van der Waals surface area contributed by atoms with Gasteiger partial charge in [0.25, 0.3) is 11.8 Å². The number of aromatic nitrogens is 4. The van der Waals surface area contributed by atoms with Crippen molar-refractivity contribution < 1.29 is 29.4 Å². The first kappa shape index (κ1) is 68.6. The summed E-state index contributed by atoms with van der Waals surface area (Å²) in [7, 11) is 0. The molecule has 0 saturated carbocycles. The molecule has 8 N–H and O–H groups in total. The van der Waals surface area contributed by atoms with E-state index in [4.69, 9.17) is 21.7 Å². The lowest BCUT2D eigenvalue weighted by Gasteiger charge is -2.50. The van der Waals surface area contributed by atoms with Crippen LogP contribution in [-0.4, -0.2) is 174 Å². The Morgan fingerprint density at radius 1 is 0.489 bits per heavy atom. The Bertz CT molecular complexity index is 3080. The number of nitrogens with two attached hydrogens (primary N) is 2. The van der Waals surface area contributed by atoms with E-state index in [0.717, 1.165) is 151 Å². The van der Waals surface area contributed by atoms with E-state index in [9.17, 15) is 19.2 Å². The number of hydrogen-bond acceptors (Lipinski definition) is 16. The summed E-state index contributed by atoms with van der Waals surface area (Å²) < 4.78 is 0. The van der Waals surface area contributed by atoms with Gasteiger partial charge in [0.15, 0.2) is 0 Å². The number of anilines is 2. The first-order valence-corrected chi connectivity index (χ1v) is 33.1. The molecule has 2 aromatic heterocycles. The summed E-state index contributed by atoms with van der Waals surface area (Å²) in [4.78, 5) is 82.5. The SMILES string of the molecule is Cc1ncnc(C)c1C(=O)N1CCC(C)(N2CCC(N(Cc3ccccc3)c3ccc(CNC(=O)[C@@H](N)CCO)cc3)CC2)CC1.Cc1ncnc(C)c1C(=O)N1CCC(C)(N2CCC(N(Cc3ccccc3)c3ccc(CNC(=O)[C@@H](N)CCO)cc3)CC2)CC1. The van der Waals surface area contributed by atoms with Crippen LogP contribution in [0.15, 0.2) is 122 Å². The molecule has 0 bridgehead atoms. The molecule has 4 aliphatic rings. The lowest BCUT2D eigenvalue weighted by atomic mass is 9.85. The number of likely N-dealkylation sites (tertiary alicyclic amines) is 4. The Kier molecular flexibility index (Phi) is 24.0. The largest absolute Gasteiger partial charge is 0.396 e. The van der Waals surface area contributed by atoms with E-state index in [1.54, 1.807) is 0 Å². The molecule has 4 saturated heterocycles. The fraction of sp³-hybridized carbons (Fsp3) is 0.500. The predicted octanol–water partition coefficient (Wildman–Crippen LogP) is 7.17. The zero-order chi connectivity index (χ0) is 65.4. The van der Waals surface area contributed by atoms with E-state index in [-0.39, 0.29) is 60.8 Å². The van der Waals surface area contributed by atoms with E-state index in [1.807, 2.05) is 37.5 Å². The van der Waals surface area contributed by atoms with Crippen molar-refractivity contribution in [2.45, 2.75) is 167 Å². The molecule has 10 rings (SSSR count). The van der Waals surface area contributed by atoms with Crippen molar-refractivity contribution in [3.05, 3.63) is 178 Å². The van der Waals surface area contributed by atoms with Gasteiger partial charge in [-0.15, -0.1) is 0 Å². The second kappa shape index (κ2) is 32.2. The minimum atomic E-state index is -0.702. The predicted molar refractivity (Wildman–Crippen MR) is 360 cm³/mol. The number of carbonyl (C=O) groups is 4. The van der Waals surface area contributed by atoms with Crippen LogP contribution in [0.2, 0.25) is 0 Å². The van der Waals surface area contributed by atoms with Gasteiger partial charge in [-0.05, 0) is 152 Å². The highest BCUT2D eigenvalue weighted by Gasteiger charge is 2.42. The number of aryl methyl sites for hydroxylation is 4. The van der Waals surface area contributed by atoms with E-state index < -0.39 is 12.1 Å². The monoisotopic (exact) mass is 1250 g/mol. The number of aliphatic hydroxyl groups is 2. The molecule has 0 spiro atoms. The molecule has 4 fully saturated rings. The van der Waals surface area contributed by atoms with Crippen LogP contribution in [0.5, 0.6) is 0 Å². The minimum Gasteiger partial charge on any atom is -0.396 e. The van der Waals surface area contributed by atoms with Crippen LogP contribution in [0, 0.1) is 27.7 Å². The van der Waals surface area contributed by atoms with Gasteiger partial charge >= 0.3 is 0 Å².